The van der Waals surface area contributed by atoms with Crippen molar-refractivity contribution in [2.75, 3.05) is 13.6 Å². The molecule has 5 heteroatoms. The van der Waals surface area contributed by atoms with Crippen LogP contribution in [0.1, 0.15) is 36.6 Å². The van der Waals surface area contributed by atoms with Gasteiger partial charge in [-0.05, 0) is 12.8 Å². The highest BCUT2D eigenvalue weighted by Crippen LogP contribution is 2.10. The molecule has 0 saturated carbocycles. The van der Waals surface area contributed by atoms with Crippen molar-refractivity contribution >= 4 is 17.3 Å². The number of aliphatic imine (C=N–C) groups is 1. The fourth-order valence-corrected chi connectivity index (χ4v) is 2.41. The molecule has 0 unspecified atom stereocenters. The first-order valence-corrected chi connectivity index (χ1v) is 7.37. The van der Waals surface area contributed by atoms with Crippen LogP contribution in [0.2, 0.25) is 0 Å². The minimum Gasteiger partial charge on any atom is -0.356 e. The molecule has 0 bridgehead atoms. The quantitative estimate of drug-likeness (QED) is 0.616. The van der Waals surface area contributed by atoms with Crippen molar-refractivity contribution in [2.45, 2.75) is 40.2 Å². The summed E-state index contributed by atoms with van der Waals surface area (Å²) in [5, 5.41) is 7.75. The van der Waals surface area contributed by atoms with Gasteiger partial charge in [-0.1, -0.05) is 26.7 Å². The van der Waals surface area contributed by atoms with Crippen molar-refractivity contribution in [3.8, 4) is 0 Å². The zero-order chi connectivity index (χ0) is 13.4. The second kappa shape index (κ2) is 8.08. The first kappa shape index (κ1) is 15.0. The van der Waals surface area contributed by atoms with E-state index in [1.165, 1.54) is 17.7 Å². The van der Waals surface area contributed by atoms with Crippen molar-refractivity contribution in [2.24, 2.45) is 10.9 Å². The zero-order valence-corrected chi connectivity index (χ0v) is 12.6. The van der Waals surface area contributed by atoms with Gasteiger partial charge in [-0.25, -0.2) is 4.98 Å². The van der Waals surface area contributed by atoms with E-state index in [4.69, 9.17) is 0 Å². The Hall–Kier alpha value is -1.10. The standard InChI is InChI=1S/C13H24N4S/c1-5-11(6-2)8-16-13(14-4)17-9-12-15-7-10(3)18-12/h7,11H,5-6,8-9H2,1-4H3,(H2,14,16,17). The molecule has 1 aromatic heterocycles. The molecule has 0 radical (unpaired) electrons. The normalized spacial score (nSPS) is 11.9. The van der Waals surface area contributed by atoms with Gasteiger partial charge in [0.2, 0.25) is 0 Å². The van der Waals surface area contributed by atoms with Crippen molar-refractivity contribution in [3.63, 3.8) is 0 Å². The van der Waals surface area contributed by atoms with E-state index in [0.717, 1.165) is 24.1 Å². The van der Waals surface area contributed by atoms with Crippen LogP contribution in [0.15, 0.2) is 11.2 Å². The second-order valence-corrected chi connectivity index (χ2v) is 5.67. The highest BCUT2D eigenvalue weighted by molar-refractivity contribution is 7.11. The first-order chi connectivity index (χ1) is 8.69. The van der Waals surface area contributed by atoms with Crippen LogP contribution in [0.3, 0.4) is 0 Å². The minimum atomic E-state index is 0.714. The number of aromatic nitrogens is 1. The predicted octanol–water partition coefficient (Wildman–Crippen LogP) is 2.55. The van der Waals surface area contributed by atoms with Crippen LogP contribution in [0.4, 0.5) is 0 Å². The van der Waals surface area contributed by atoms with Crippen LogP contribution in [0.25, 0.3) is 0 Å². The molecule has 0 atom stereocenters. The molecule has 18 heavy (non-hydrogen) atoms. The van der Waals surface area contributed by atoms with Gasteiger partial charge in [0.25, 0.3) is 0 Å². The number of guanidine groups is 1. The third-order valence-electron chi connectivity index (χ3n) is 3.01. The largest absolute Gasteiger partial charge is 0.356 e. The lowest BCUT2D eigenvalue weighted by Gasteiger charge is -2.16. The summed E-state index contributed by atoms with van der Waals surface area (Å²) < 4.78 is 0. The molecule has 0 aliphatic carbocycles. The van der Waals surface area contributed by atoms with Crippen LogP contribution in [0.5, 0.6) is 0 Å². The van der Waals surface area contributed by atoms with E-state index in [2.05, 4.69) is 41.4 Å². The number of nitrogens with one attached hydrogen (secondary N) is 2. The Bertz CT molecular complexity index is 369. The summed E-state index contributed by atoms with van der Waals surface area (Å²) in [7, 11) is 1.80. The molecule has 0 aromatic carbocycles. The predicted molar refractivity (Wildman–Crippen MR) is 79.1 cm³/mol. The Morgan fingerprint density at radius 2 is 2.11 bits per heavy atom. The van der Waals surface area contributed by atoms with Gasteiger partial charge in [0.05, 0.1) is 6.54 Å². The molecule has 4 nitrogen and oxygen atoms in total. The molecule has 0 spiro atoms. The molecule has 0 amide bonds. The van der Waals surface area contributed by atoms with Gasteiger partial charge < -0.3 is 10.6 Å². The third-order valence-corrected chi connectivity index (χ3v) is 3.93. The van der Waals surface area contributed by atoms with Crippen LogP contribution >= 0.6 is 11.3 Å². The zero-order valence-electron chi connectivity index (χ0n) is 11.8. The molecule has 1 aromatic rings. The Labute approximate surface area is 114 Å². The van der Waals surface area contributed by atoms with Gasteiger partial charge in [0, 0.05) is 24.7 Å². The van der Waals surface area contributed by atoms with Crippen molar-refractivity contribution in [3.05, 3.63) is 16.1 Å². The van der Waals surface area contributed by atoms with Gasteiger partial charge in [0.15, 0.2) is 5.96 Å². The maximum atomic E-state index is 4.32. The van der Waals surface area contributed by atoms with Crippen molar-refractivity contribution < 1.29 is 0 Å². The lowest BCUT2D eigenvalue weighted by atomic mass is 10.0. The minimum absolute atomic E-state index is 0.714. The molecule has 0 fully saturated rings. The highest BCUT2D eigenvalue weighted by atomic mass is 32.1. The maximum absolute atomic E-state index is 4.32. The summed E-state index contributed by atoms with van der Waals surface area (Å²) >= 11 is 1.72. The Morgan fingerprint density at radius 1 is 1.39 bits per heavy atom. The molecular formula is C13H24N4S. The highest BCUT2D eigenvalue weighted by Gasteiger charge is 2.05. The molecule has 1 heterocycles. The van der Waals surface area contributed by atoms with Gasteiger partial charge in [-0.15, -0.1) is 11.3 Å². The van der Waals surface area contributed by atoms with Gasteiger partial charge in [-0.3, -0.25) is 4.99 Å². The first-order valence-electron chi connectivity index (χ1n) is 6.55. The van der Waals surface area contributed by atoms with E-state index < -0.39 is 0 Å². The average Bonchev–Trinajstić information content (AvgIpc) is 2.80. The molecular weight excluding hydrogens is 244 g/mol. The number of rotatable bonds is 6. The smallest absolute Gasteiger partial charge is 0.191 e. The maximum Gasteiger partial charge on any atom is 0.191 e. The fraction of sp³-hybridized carbons (Fsp3) is 0.692. The summed E-state index contributed by atoms with van der Waals surface area (Å²) in [6.07, 6.45) is 4.31. The van der Waals surface area contributed by atoms with Crippen LogP contribution < -0.4 is 10.6 Å². The van der Waals surface area contributed by atoms with Crippen LogP contribution in [-0.4, -0.2) is 24.5 Å². The number of hydrogen-bond acceptors (Lipinski definition) is 3. The van der Waals surface area contributed by atoms with Crippen LogP contribution in [-0.2, 0) is 6.54 Å². The second-order valence-electron chi connectivity index (χ2n) is 4.35. The van der Waals surface area contributed by atoms with Crippen LogP contribution in [0, 0.1) is 12.8 Å². The van der Waals surface area contributed by atoms with Crippen molar-refractivity contribution in [1.82, 2.24) is 15.6 Å². The summed E-state index contributed by atoms with van der Waals surface area (Å²) in [5.74, 6) is 1.57. The molecule has 1 rings (SSSR count). The van der Waals surface area contributed by atoms with E-state index in [0.29, 0.717) is 5.92 Å². The summed E-state index contributed by atoms with van der Waals surface area (Å²) in [4.78, 5) is 9.79. The van der Waals surface area contributed by atoms with E-state index in [1.54, 1.807) is 18.4 Å². The van der Waals surface area contributed by atoms with E-state index in [9.17, 15) is 0 Å². The fourth-order valence-electron chi connectivity index (χ4n) is 1.68. The average molecular weight is 268 g/mol. The number of aryl methyl sites for hydroxylation is 1. The van der Waals surface area contributed by atoms with E-state index in [1.807, 2.05) is 6.20 Å². The SMILES string of the molecule is CCC(CC)CNC(=NC)NCc1ncc(C)s1. The summed E-state index contributed by atoms with van der Waals surface area (Å²) in [6, 6.07) is 0. The monoisotopic (exact) mass is 268 g/mol. The number of nitrogens with zero attached hydrogens (tertiary/aromatic N) is 2. The lowest BCUT2D eigenvalue weighted by Crippen LogP contribution is -2.39. The van der Waals surface area contributed by atoms with E-state index in [-0.39, 0.29) is 0 Å². The van der Waals surface area contributed by atoms with Gasteiger partial charge in [-0.2, -0.15) is 0 Å². The lowest BCUT2D eigenvalue weighted by molar-refractivity contribution is 0.481. The Kier molecular flexibility index (Phi) is 6.72. The Balaban J connectivity index is 2.34. The third kappa shape index (κ3) is 5.04. The Morgan fingerprint density at radius 3 is 2.61 bits per heavy atom. The molecule has 0 saturated heterocycles. The number of hydrogen-bond donors (Lipinski definition) is 2. The van der Waals surface area contributed by atoms with Crippen molar-refractivity contribution in [1.29, 1.82) is 0 Å². The molecule has 0 aliphatic heterocycles. The summed E-state index contributed by atoms with van der Waals surface area (Å²) in [5.41, 5.74) is 0. The molecule has 102 valence electrons. The topological polar surface area (TPSA) is 49.3 Å². The van der Waals surface area contributed by atoms with Gasteiger partial charge >= 0.3 is 0 Å². The molecule has 2 N–H and O–H groups in total. The number of thiazole rings is 1. The summed E-state index contributed by atoms with van der Waals surface area (Å²) in [6.45, 7) is 8.24. The molecule has 0 aliphatic rings. The van der Waals surface area contributed by atoms with E-state index >= 15 is 0 Å². The van der Waals surface area contributed by atoms with Gasteiger partial charge in [0.1, 0.15) is 5.01 Å².